The monoisotopic (exact) mass is 332 g/mol. The molecule has 0 bridgehead atoms. The Morgan fingerprint density at radius 3 is 2.32 bits per heavy atom. The molecule has 6 heteroatoms. The van der Waals surface area contributed by atoms with Crippen LogP contribution in [0.15, 0.2) is 48.5 Å². The Balaban J connectivity index is 1.81. The van der Waals surface area contributed by atoms with Crippen LogP contribution in [-0.4, -0.2) is 30.8 Å². The van der Waals surface area contributed by atoms with E-state index in [1.807, 2.05) is 67.5 Å². The Labute approximate surface area is 144 Å². The lowest BCUT2D eigenvalue weighted by Gasteiger charge is -2.14. The van der Waals surface area contributed by atoms with Crippen LogP contribution < -0.4 is 15.5 Å². The maximum Gasteiger partial charge on any atom is 0.298 e. The number of hydrogen-bond donors (Lipinski definition) is 2. The van der Waals surface area contributed by atoms with Crippen molar-refractivity contribution in [1.29, 1.82) is 0 Å². The van der Waals surface area contributed by atoms with Gasteiger partial charge in [-0.2, -0.15) is 0 Å². The molecule has 6 nitrogen and oxygen atoms in total. The summed E-state index contributed by atoms with van der Waals surface area (Å²) in [6.07, 6.45) is 0. The molecule has 3 aromatic rings. The summed E-state index contributed by atoms with van der Waals surface area (Å²) in [6, 6.07) is 15.4. The van der Waals surface area contributed by atoms with Gasteiger partial charge in [-0.3, -0.25) is 9.59 Å². The summed E-state index contributed by atoms with van der Waals surface area (Å²) >= 11 is 0. The highest BCUT2D eigenvalue weighted by Gasteiger charge is 2.32. The first-order valence-electron chi connectivity index (χ1n) is 7.87. The summed E-state index contributed by atoms with van der Waals surface area (Å²) < 4.78 is 0. The number of hydrogen-bond acceptors (Lipinski definition) is 5. The van der Waals surface area contributed by atoms with Gasteiger partial charge in [0.05, 0.1) is 5.56 Å². The number of benzene rings is 2. The van der Waals surface area contributed by atoms with Crippen LogP contribution in [0.2, 0.25) is 0 Å². The van der Waals surface area contributed by atoms with Crippen LogP contribution in [0.25, 0.3) is 10.8 Å². The second-order valence-electron chi connectivity index (χ2n) is 6.08. The number of carbonyl (C=O) groups excluding carboxylic acids is 2. The van der Waals surface area contributed by atoms with Crippen molar-refractivity contribution in [1.82, 2.24) is 4.98 Å². The molecule has 0 aliphatic carbocycles. The summed E-state index contributed by atoms with van der Waals surface area (Å²) in [7, 11) is 3.97. The van der Waals surface area contributed by atoms with E-state index in [9.17, 15) is 9.59 Å². The Hall–Kier alpha value is -3.41. The third-order valence-corrected chi connectivity index (χ3v) is 4.22. The lowest BCUT2D eigenvalue weighted by Crippen LogP contribution is -2.12. The summed E-state index contributed by atoms with van der Waals surface area (Å²) in [6.45, 7) is 0. The van der Waals surface area contributed by atoms with Crippen LogP contribution >= 0.6 is 0 Å². The lowest BCUT2D eigenvalue weighted by molar-refractivity contribution is -0.112. The lowest BCUT2D eigenvalue weighted by atomic mass is 10.0. The fourth-order valence-corrected chi connectivity index (χ4v) is 2.94. The number of rotatable bonds is 3. The van der Waals surface area contributed by atoms with Crippen molar-refractivity contribution < 1.29 is 9.59 Å². The molecular formula is C19H16N4O2. The van der Waals surface area contributed by atoms with Crippen molar-refractivity contribution >= 4 is 45.5 Å². The Morgan fingerprint density at radius 2 is 1.64 bits per heavy atom. The third kappa shape index (κ3) is 2.48. The largest absolute Gasteiger partial charge is 0.378 e. The number of nitrogens with one attached hydrogen (secondary N) is 2. The average Bonchev–Trinajstić information content (AvgIpc) is 2.90. The van der Waals surface area contributed by atoms with Gasteiger partial charge in [0.15, 0.2) is 0 Å². The molecule has 0 spiro atoms. The van der Waals surface area contributed by atoms with Crippen molar-refractivity contribution in [3.8, 4) is 0 Å². The topological polar surface area (TPSA) is 74.3 Å². The first kappa shape index (κ1) is 15.1. The standard InChI is InChI=1S/C19H16N4O2/c1-23(2)12-9-7-11(8-10-12)20-17-14-6-4-3-5-13(14)15-16(24)19(25)22-18(15)21-17/h3-10H,1-2H3,(H2,20,21,22,24,25). The van der Waals surface area contributed by atoms with Gasteiger partial charge in [-0.05, 0) is 24.3 Å². The highest BCUT2D eigenvalue weighted by Crippen LogP contribution is 2.34. The van der Waals surface area contributed by atoms with Gasteiger partial charge in [-0.25, -0.2) is 4.98 Å². The summed E-state index contributed by atoms with van der Waals surface area (Å²) in [4.78, 5) is 30.3. The van der Waals surface area contributed by atoms with Crippen LogP contribution in [0.5, 0.6) is 0 Å². The molecule has 1 aliphatic rings. The van der Waals surface area contributed by atoms with Gasteiger partial charge < -0.3 is 15.5 Å². The minimum atomic E-state index is -0.639. The SMILES string of the molecule is CN(C)c1ccc(Nc2nc3c(c4ccccc24)C(=O)C(=O)N3)cc1. The normalized spacial score (nSPS) is 12.9. The van der Waals surface area contributed by atoms with Gasteiger partial charge in [0.2, 0.25) is 0 Å². The van der Waals surface area contributed by atoms with E-state index in [0.717, 1.165) is 16.8 Å². The quantitative estimate of drug-likeness (QED) is 0.721. The molecule has 0 unspecified atom stereocenters. The second-order valence-corrected chi connectivity index (χ2v) is 6.08. The van der Waals surface area contributed by atoms with Gasteiger partial charge in [-0.1, -0.05) is 24.3 Å². The maximum atomic E-state index is 12.1. The number of fused-ring (bicyclic) bond motifs is 3. The zero-order chi connectivity index (χ0) is 17.6. The van der Waals surface area contributed by atoms with E-state index in [-0.39, 0.29) is 0 Å². The molecule has 0 saturated heterocycles. The molecule has 124 valence electrons. The molecule has 4 rings (SSSR count). The molecule has 0 fully saturated rings. The van der Waals surface area contributed by atoms with Crippen LogP contribution in [0.3, 0.4) is 0 Å². The Bertz CT molecular complexity index is 1010. The zero-order valence-electron chi connectivity index (χ0n) is 13.8. The van der Waals surface area contributed by atoms with E-state index < -0.39 is 11.7 Å². The number of nitrogens with zero attached hydrogens (tertiary/aromatic N) is 2. The van der Waals surface area contributed by atoms with Gasteiger partial charge in [0.1, 0.15) is 11.6 Å². The molecule has 2 heterocycles. The number of anilines is 4. The van der Waals surface area contributed by atoms with Crippen molar-refractivity contribution in [3.63, 3.8) is 0 Å². The number of Topliss-reactive ketones (excluding diaryl/α,β-unsaturated/α-hetero) is 1. The number of aromatic nitrogens is 1. The maximum absolute atomic E-state index is 12.1. The molecule has 0 atom stereocenters. The molecule has 1 amide bonds. The van der Waals surface area contributed by atoms with E-state index >= 15 is 0 Å². The number of ketones is 1. The van der Waals surface area contributed by atoms with Crippen molar-refractivity contribution in [2.75, 3.05) is 29.6 Å². The minimum Gasteiger partial charge on any atom is -0.378 e. The molecule has 0 saturated carbocycles. The number of carbonyl (C=O) groups is 2. The van der Waals surface area contributed by atoms with Crippen molar-refractivity contribution in [3.05, 3.63) is 54.1 Å². The second kappa shape index (κ2) is 5.59. The average molecular weight is 332 g/mol. The minimum absolute atomic E-state index is 0.307. The van der Waals surface area contributed by atoms with Crippen molar-refractivity contribution in [2.45, 2.75) is 0 Å². The Morgan fingerprint density at radius 1 is 0.960 bits per heavy atom. The van der Waals surface area contributed by atoms with Crippen LogP contribution in [0.1, 0.15) is 10.4 Å². The molecule has 0 radical (unpaired) electrons. The zero-order valence-corrected chi connectivity index (χ0v) is 13.8. The smallest absolute Gasteiger partial charge is 0.298 e. The third-order valence-electron chi connectivity index (χ3n) is 4.22. The van der Waals surface area contributed by atoms with E-state index in [0.29, 0.717) is 22.6 Å². The van der Waals surface area contributed by atoms with Crippen LogP contribution in [0, 0.1) is 0 Å². The predicted octanol–water partition coefficient (Wildman–Crippen LogP) is 3.18. The molecule has 1 aliphatic heterocycles. The van der Waals surface area contributed by atoms with Gasteiger partial charge in [0.25, 0.3) is 11.7 Å². The van der Waals surface area contributed by atoms with Crippen molar-refractivity contribution in [2.24, 2.45) is 0 Å². The molecule has 2 aromatic carbocycles. The predicted molar refractivity (Wildman–Crippen MR) is 98.8 cm³/mol. The van der Waals surface area contributed by atoms with E-state index in [2.05, 4.69) is 15.6 Å². The van der Waals surface area contributed by atoms with Crippen LogP contribution in [0.4, 0.5) is 23.0 Å². The van der Waals surface area contributed by atoms with E-state index in [4.69, 9.17) is 0 Å². The van der Waals surface area contributed by atoms with Gasteiger partial charge >= 0.3 is 0 Å². The summed E-state index contributed by atoms with van der Waals surface area (Å²) in [5.41, 5.74) is 2.31. The first-order valence-corrected chi connectivity index (χ1v) is 7.87. The van der Waals surface area contributed by atoms with Gasteiger partial charge in [-0.15, -0.1) is 0 Å². The first-order chi connectivity index (χ1) is 12.0. The van der Waals surface area contributed by atoms with Crippen LogP contribution in [-0.2, 0) is 4.79 Å². The molecule has 25 heavy (non-hydrogen) atoms. The number of amides is 1. The fourth-order valence-electron chi connectivity index (χ4n) is 2.94. The van der Waals surface area contributed by atoms with E-state index in [1.165, 1.54) is 0 Å². The molecule has 1 aromatic heterocycles. The highest BCUT2D eigenvalue weighted by atomic mass is 16.2. The van der Waals surface area contributed by atoms with E-state index in [1.54, 1.807) is 0 Å². The summed E-state index contributed by atoms with van der Waals surface area (Å²) in [5, 5.41) is 7.33. The summed E-state index contributed by atoms with van der Waals surface area (Å²) in [5.74, 6) is -0.274. The fraction of sp³-hybridized carbons (Fsp3) is 0.105. The highest BCUT2D eigenvalue weighted by molar-refractivity contribution is 6.53. The molecule has 2 N–H and O–H groups in total. The molecular weight excluding hydrogens is 316 g/mol. The van der Waals surface area contributed by atoms with Gasteiger partial charge in [0, 0.05) is 36.2 Å². The Kier molecular flexibility index (Phi) is 3.39. The number of pyridine rings is 1.